The molecule has 0 amide bonds. The van der Waals surface area contributed by atoms with E-state index in [1.807, 2.05) is 18.2 Å². The molecule has 100 heavy (non-hydrogen) atoms. The van der Waals surface area contributed by atoms with Gasteiger partial charge in [0.05, 0.1) is 26.4 Å². The monoisotopic (exact) mass is 1440 g/mol. The minimum Gasteiger partial charge on any atom is -0.462 e. The summed E-state index contributed by atoms with van der Waals surface area (Å²) in [6, 6.07) is 0. The fourth-order valence-electron chi connectivity index (χ4n) is 10.1. The van der Waals surface area contributed by atoms with E-state index in [1.54, 1.807) is 0 Å². The van der Waals surface area contributed by atoms with Crippen LogP contribution in [0.5, 0.6) is 0 Å². The average molecular weight is 1450 g/mol. The summed E-state index contributed by atoms with van der Waals surface area (Å²) >= 11 is 0. The van der Waals surface area contributed by atoms with Crippen LogP contribution in [0, 0.1) is 0 Å². The van der Waals surface area contributed by atoms with E-state index in [2.05, 4.69) is 131 Å². The highest BCUT2D eigenvalue weighted by Gasteiger charge is 2.30. The summed E-state index contributed by atoms with van der Waals surface area (Å²) in [5, 5.41) is 10.6. The lowest BCUT2D eigenvalue weighted by Crippen LogP contribution is -2.30. The van der Waals surface area contributed by atoms with E-state index in [-0.39, 0.29) is 25.7 Å². The molecular formula is C81H138O17P2. The molecule has 0 aliphatic rings. The summed E-state index contributed by atoms with van der Waals surface area (Å²) in [6.07, 6.45) is 79.2. The largest absolute Gasteiger partial charge is 0.472 e. The number of esters is 4. The second kappa shape index (κ2) is 72.8. The number of phosphoric ester groups is 2. The van der Waals surface area contributed by atoms with Crippen LogP contribution in [0.25, 0.3) is 0 Å². The Morgan fingerprint density at radius 2 is 0.540 bits per heavy atom. The number of hydrogen-bond acceptors (Lipinski definition) is 15. The number of hydrogen-bond donors (Lipinski definition) is 3. The van der Waals surface area contributed by atoms with Crippen LogP contribution in [0.3, 0.4) is 0 Å². The molecule has 0 aromatic rings. The number of unbranched alkanes of at least 4 members (excludes halogenated alkanes) is 26. The van der Waals surface area contributed by atoms with Gasteiger partial charge in [-0.1, -0.05) is 303 Å². The Morgan fingerprint density at radius 1 is 0.290 bits per heavy atom. The highest BCUT2D eigenvalue weighted by atomic mass is 31.2. The second-order valence-corrected chi connectivity index (χ2v) is 28.5. The van der Waals surface area contributed by atoms with Crippen molar-refractivity contribution in [3.63, 3.8) is 0 Å². The van der Waals surface area contributed by atoms with Crippen molar-refractivity contribution in [3.05, 3.63) is 122 Å². The van der Waals surface area contributed by atoms with E-state index in [1.165, 1.54) is 103 Å². The van der Waals surface area contributed by atoms with Gasteiger partial charge in [-0.05, 0) is 103 Å². The first kappa shape index (κ1) is 95.5. The fraction of sp³-hybridized carbons (Fsp3) is 0.704. The Morgan fingerprint density at radius 3 is 0.860 bits per heavy atom. The highest BCUT2D eigenvalue weighted by molar-refractivity contribution is 7.47. The molecule has 0 aromatic heterocycles. The number of aliphatic hydroxyl groups is 1. The van der Waals surface area contributed by atoms with Crippen molar-refractivity contribution in [1.29, 1.82) is 0 Å². The summed E-state index contributed by atoms with van der Waals surface area (Å²) in [6.45, 7) is 4.52. The Hall–Kier alpha value is -4.54. The van der Waals surface area contributed by atoms with Crippen molar-refractivity contribution in [2.24, 2.45) is 0 Å². The molecule has 0 aliphatic heterocycles. The molecule has 5 atom stereocenters. The zero-order chi connectivity index (χ0) is 73.2. The smallest absolute Gasteiger partial charge is 0.462 e. The van der Waals surface area contributed by atoms with Crippen molar-refractivity contribution in [1.82, 2.24) is 0 Å². The number of allylic oxidation sites excluding steroid dienone is 20. The lowest BCUT2D eigenvalue weighted by molar-refractivity contribution is -0.161. The van der Waals surface area contributed by atoms with Crippen molar-refractivity contribution >= 4 is 39.5 Å². The third-order valence-electron chi connectivity index (χ3n) is 16.0. The van der Waals surface area contributed by atoms with Crippen molar-refractivity contribution in [3.8, 4) is 0 Å². The van der Waals surface area contributed by atoms with Gasteiger partial charge >= 0.3 is 39.5 Å². The molecule has 3 N–H and O–H groups in total. The molecule has 5 unspecified atom stereocenters. The molecule has 0 aromatic carbocycles. The maximum absolute atomic E-state index is 13.1. The van der Waals surface area contributed by atoms with Crippen molar-refractivity contribution < 1.29 is 80.2 Å². The zero-order valence-corrected chi connectivity index (χ0v) is 64.4. The highest BCUT2D eigenvalue weighted by Crippen LogP contribution is 2.45. The number of carbonyl (C=O) groups excluding carboxylic acids is 4. The first-order valence-corrected chi connectivity index (χ1v) is 41.8. The summed E-state index contributed by atoms with van der Waals surface area (Å²) in [5.74, 6) is -2.31. The van der Waals surface area contributed by atoms with E-state index >= 15 is 0 Å². The number of phosphoric acid groups is 2. The zero-order valence-electron chi connectivity index (χ0n) is 62.6. The van der Waals surface area contributed by atoms with Crippen LogP contribution in [0.15, 0.2) is 122 Å². The van der Waals surface area contributed by atoms with Crippen LogP contribution < -0.4 is 0 Å². The summed E-state index contributed by atoms with van der Waals surface area (Å²) in [4.78, 5) is 72.8. The third-order valence-corrected chi connectivity index (χ3v) is 17.9. The molecule has 0 heterocycles. The molecule has 0 radical (unpaired) electrons. The Kier molecular flexibility index (Phi) is 69.5. The molecule has 0 fully saturated rings. The van der Waals surface area contributed by atoms with Crippen LogP contribution in [0.1, 0.15) is 310 Å². The van der Waals surface area contributed by atoms with Crippen LogP contribution in [-0.2, 0) is 65.4 Å². The van der Waals surface area contributed by atoms with Gasteiger partial charge in [0.2, 0.25) is 0 Å². The van der Waals surface area contributed by atoms with Crippen LogP contribution in [0.2, 0.25) is 0 Å². The molecule has 0 bridgehead atoms. The first-order chi connectivity index (χ1) is 48.7. The minimum absolute atomic E-state index is 0.0356. The Bertz CT molecular complexity index is 2370. The maximum Gasteiger partial charge on any atom is 0.472 e. The summed E-state index contributed by atoms with van der Waals surface area (Å²) in [7, 11) is -9.98. The molecular weight excluding hydrogens is 1310 g/mol. The minimum atomic E-state index is -4.99. The van der Waals surface area contributed by atoms with E-state index in [0.29, 0.717) is 32.1 Å². The SMILES string of the molecule is CC/C=C\C/C=C\C/C=C\C/C=C\C/C=C\C/C=C\CCC(=O)OCC(COP(=O)(O)OCC(O)COP(=O)(O)OCC(COC(=O)CCCC/C=C\C/C=C\C/C=C\C/C=C\CC)OC(=O)CCCCCCCCCCCCCCCCC)OC(=O)CCCCCCCCCCCCC. The maximum atomic E-state index is 13.1. The average Bonchev–Trinajstić information content (AvgIpc) is 0.953. The van der Waals surface area contributed by atoms with Gasteiger partial charge in [-0.2, -0.15) is 0 Å². The molecule has 17 nitrogen and oxygen atoms in total. The summed E-state index contributed by atoms with van der Waals surface area (Å²) < 4.78 is 68.4. The number of aliphatic hydroxyl groups excluding tert-OH is 1. The first-order valence-electron chi connectivity index (χ1n) is 38.8. The fourth-order valence-corrected chi connectivity index (χ4v) is 11.7. The molecule has 0 aliphatic carbocycles. The molecule has 0 spiro atoms. The molecule has 0 rings (SSSR count). The van der Waals surface area contributed by atoms with Crippen molar-refractivity contribution in [2.75, 3.05) is 39.6 Å². The molecule has 0 saturated carbocycles. The van der Waals surface area contributed by atoms with Gasteiger partial charge in [0.25, 0.3) is 0 Å². The molecule has 19 heteroatoms. The molecule has 0 saturated heterocycles. The quantitative estimate of drug-likeness (QED) is 0.0169. The van der Waals surface area contributed by atoms with Gasteiger partial charge < -0.3 is 33.8 Å². The van der Waals surface area contributed by atoms with Crippen LogP contribution >= 0.6 is 15.6 Å². The Balaban J connectivity index is 5.40. The predicted octanol–water partition coefficient (Wildman–Crippen LogP) is 22.3. The standard InChI is InChI=1S/C81H138O17P2/c1-5-9-13-17-21-25-29-32-35-36-37-38-41-43-47-50-54-58-62-66-79(84)91-71-76(97-80(85)67-63-59-55-51-45-28-24-20-16-12-8-4)73-95-99(87,88)93-69-75(82)70-94-100(89,90)96-74-77(98-81(86)68-64-60-56-52-48-44-40-34-31-27-23-19-15-11-7-3)72-92-78(83)65-61-57-53-49-46-42-39-33-30-26-22-18-14-10-6-2/h9-10,13-14,21-22,25-26,32-33,35,37-39,43,46-47,49,54,58,75-77,82H,5-8,11-12,15-20,23-24,27-31,34,36,40-42,44-45,48,50-53,55-57,59-74H2,1-4H3,(H,87,88)(H,89,90)/b13-9-,14-10-,25-21-,26-22-,35-32-,38-37-,39-33-,47-43-,49-46-,58-54-. The second-order valence-electron chi connectivity index (χ2n) is 25.5. The van der Waals surface area contributed by atoms with Crippen molar-refractivity contribution in [2.45, 2.75) is 329 Å². The van der Waals surface area contributed by atoms with Gasteiger partial charge in [-0.3, -0.25) is 37.3 Å². The van der Waals surface area contributed by atoms with E-state index in [9.17, 15) is 43.2 Å². The number of carbonyl (C=O) groups is 4. The third kappa shape index (κ3) is 71.8. The van der Waals surface area contributed by atoms with Gasteiger partial charge in [0, 0.05) is 25.7 Å². The Labute approximate surface area is 606 Å². The normalized spacial score (nSPS) is 14.6. The molecule has 574 valence electrons. The van der Waals surface area contributed by atoms with Gasteiger partial charge in [-0.15, -0.1) is 0 Å². The lowest BCUT2D eigenvalue weighted by Gasteiger charge is -2.21. The van der Waals surface area contributed by atoms with Gasteiger partial charge in [0.1, 0.15) is 19.3 Å². The van der Waals surface area contributed by atoms with E-state index < -0.39 is 97.5 Å². The topological polar surface area (TPSA) is 237 Å². The van der Waals surface area contributed by atoms with Crippen LogP contribution in [0.4, 0.5) is 0 Å². The van der Waals surface area contributed by atoms with E-state index in [4.69, 9.17) is 37.0 Å². The van der Waals surface area contributed by atoms with Gasteiger partial charge in [0.15, 0.2) is 12.2 Å². The lowest BCUT2D eigenvalue weighted by atomic mass is 10.0. The summed E-state index contributed by atoms with van der Waals surface area (Å²) in [5.41, 5.74) is 0. The van der Waals surface area contributed by atoms with Crippen LogP contribution in [-0.4, -0.2) is 96.7 Å². The predicted molar refractivity (Wildman–Crippen MR) is 408 cm³/mol. The van der Waals surface area contributed by atoms with Gasteiger partial charge in [-0.25, -0.2) is 9.13 Å². The number of ether oxygens (including phenoxy) is 4. The van der Waals surface area contributed by atoms with E-state index in [0.717, 1.165) is 122 Å². The number of rotatable bonds is 72.